The number of nitrogens with zero attached hydrogens (tertiary/aromatic N) is 1. The van der Waals surface area contributed by atoms with Gasteiger partial charge < -0.3 is 9.84 Å². The maximum absolute atomic E-state index is 10.3. The first kappa shape index (κ1) is 14.9. The number of hydrogen-bond donors (Lipinski definition) is 1. The number of aliphatic hydroxyl groups excluding tert-OH is 1. The lowest BCUT2D eigenvalue weighted by Gasteiger charge is -2.38. The van der Waals surface area contributed by atoms with Gasteiger partial charge in [-0.2, -0.15) is 0 Å². The quantitative estimate of drug-likeness (QED) is 0.805. The van der Waals surface area contributed by atoms with Gasteiger partial charge in [0.1, 0.15) is 0 Å². The van der Waals surface area contributed by atoms with Crippen molar-refractivity contribution >= 4 is 0 Å². The minimum absolute atomic E-state index is 0.158. The van der Waals surface area contributed by atoms with Gasteiger partial charge in [0.25, 0.3) is 0 Å². The Bertz CT molecular complexity index is 197. The number of rotatable bonds is 5. The summed E-state index contributed by atoms with van der Waals surface area (Å²) in [6.07, 6.45) is 6.95. The molecule has 17 heavy (non-hydrogen) atoms. The highest BCUT2D eigenvalue weighted by Crippen LogP contribution is 2.23. The minimum atomic E-state index is -0.158. The zero-order valence-corrected chi connectivity index (χ0v) is 11.7. The van der Waals surface area contributed by atoms with Crippen LogP contribution in [-0.4, -0.2) is 48.5 Å². The molecular weight excluding hydrogens is 214 g/mol. The average Bonchev–Trinajstić information content (AvgIpc) is 2.27. The Morgan fingerprint density at radius 3 is 2.41 bits per heavy atom. The van der Waals surface area contributed by atoms with Crippen molar-refractivity contribution < 1.29 is 9.84 Å². The number of ether oxygens (including phenoxy) is 1. The van der Waals surface area contributed by atoms with Crippen LogP contribution < -0.4 is 0 Å². The van der Waals surface area contributed by atoms with Crippen LogP contribution in [0.15, 0.2) is 0 Å². The first-order chi connectivity index (χ1) is 8.16. The van der Waals surface area contributed by atoms with Crippen LogP contribution in [0.3, 0.4) is 0 Å². The fourth-order valence-corrected chi connectivity index (χ4v) is 2.84. The van der Waals surface area contributed by atoms with Gasteiger partial charge in [-0.05, 0) is 26.7 Å². The van der Waals surface area contributed by atoms with Gasteiger partial charge in [0.05, 0.1) is 12.7 Å². The Hall–Kier alpha value is -0.120. The van der Waals surface area contributed by atoms with Gasteiger partial charge in [-0.25, -0.2) is 0 Å². The zero-order chi connectivity index (χ0) is 12.7. The second-order valence-corrected chi connectivity index (χ2v) is 5.45. The normalized spacial score (nSPS) is 27.2. The summed E-state index contributed by atoms with van der Waals surface area (Å²) in [6.45, 7) is 6.10. The van der Waals surface area contributed by atoms with E-state index >= 15 is 0 Å². The molecule has 0 saturated heterocycles. The van der Waals surface area contributed by atoms with E-state index in [2.05, 4.69) is 18.7 Å². The van der Waals surface area contributed by atoms with Crippen molar-refractivity contribution in [2.45, 2.75) is 70.6 Å². The molecule has 0 radical (unpaired) electrons. The Labute approximate surface area is 106 Å². The van der Waals surface area contributed by atoms with Gasteiger partial charge in [0.2, 0.25) is 0 Å². The van der Waals surface area contributed by atoms with Crippen LogP contribution in [0, 0.1) is 0 Å². The van der Waals surface area contributed by atoms with E-state index in [4.69, 9.17) is 4.74 Å². The van der Waals surface area contributed by atoms with Crippen molar-refractivity contribution in [3.05, 3.63) is 0 Å². The molecule has 0 aromatic heterocycles. The minimum Gasteiger partial charge on any atom is -0.391 e. The van der Waals surface area contributed by atoms with Crippen molar-refractivity contribution in [3.63, 3.8) is 0 Å². The molecule has 1 N–H and O–H groups in total. The SMILES string of the molecule is COCCN(C(C)C)C1CCCCCCC1O. The van der Waals surface area contributed by atoms with E-state index in [9.17, 15) is 5.11 Å². The van der Waals surface area contributed by atoms with E-state index in [0.29, 0.717) is 12.1 Å². The topological polar surface area (TPSA) is 32.7 Å². The summed E-state index contributed by atoms with van der Waals surface area (Å²) in [7, 11) is 1.74. The summed E-state index contributed by atoms with van der Waals surface area (Å²) in [5, 5.41) is 10.3. The highest BCUT2D eigenvalue weighted by atomic mass is 16.5. The molecule has 0 bridgehead atoms. The maximum Gasteiger partial charge on any atom is 0.0695 e. The average molecular weight is 243 g/mol. The Morgan fingerprint density at radius 1 is 1.18 bits per heavy atom. The van der Waals surface area contributed by atoms with Crippen LogP contribution in [0.2, 0.25) is 0 Å². The van der Waals surface area contributed by atoms with Gasteiger partial charge in [0.15, 0.2) is 0 Å². The predicted octanol–water partition coefficient (Wildman–Crippen LogP) is 2.43. The summed E-state index contributed by atoms with van der Waals surface area (Å²) >= 11 is 0. The third-order valence-corrected chi connectivity index (χ3v) is 3.84. The largest absolute Gasteiger partial charge is 0.391 e. The van der Waals surface area contributed by atoms with Crippen LogP contribution in [-0.2, 0) is 4.74 Å². The molecule has 1 aliphatic rings. The van der Waals surface area contributed by atoms with Crippen molar-refractivity contribution in [1.29, 1.82) is 0 Å². The van der Waals surface area contributed by atoms with Crippen molar-refractivity contribution in [3.8, 4) is 0 Å². The number of methoxy groups -OCH3 is 1. The molecule has 0 spiro atoms. The first-order valence-corrected chi connectivity index (χ1v) is 7.09. The summed E-state index contributed by atoms with van der Waals surface area (Å²) in [5.41, 5.74) is 0. The highest BCUT2D eigenvalue weighted by Gasteiger charge is 2.27. The van der Waals surface area contributed by atoms with E-state index < -0.39 is 0 Å². The van der Waals surface area contributed by atoms with E-state index in [0.717, 1.165) is 26.0 Å². The molecule has 1 saturated carbocycles. The molecule has 3 nitrogen and oxygen atoms in total. The molecule has 2 atom stereocenters. The molecule has 0 aromatic rings. The summed E-state index contributed by atoms with van der Waals surface area (Å²) in [5.74, 6) is 0. The molecule has 0 amide bonds. The fraction of sp³-hybridized carbons (Fsp3) is 1.00. The van der Waals surface area contributed by atoms with Crippen LogP contribution >= 0.6 is 0 Å². The lowest BCUT2D eigenvalue weighted by atomic mass is 9.92. The monoisotopic (exact) mass is 243 g/mol. The van der Waals surface area contributed by atoms with Crippen molar-refractivity contribution in [1.82, 2.24) is 4.90 Å². The van der Waals surface area contributed by atoms with Crippen molar-refractivity contribution in [2.75, 3.05) is 20.3 Å². The smallest absolute Gasteiger partial charge is 0.0695 e. The molecule has 0 heterocycles. The van der Waals surface area contributed by atoms with Crippen LogP contribution in [0.25, 0.3) is 0 Å². The predicted molar refractivity (Wildman–Crippen MR) is 71.2 cm³/mol. The van der Waals surface area contributed by atoms with Crippen molar-refractivity contribution in [2.24, 2.45) is 0 Å². The second-order valence-electron chi connectivity index (χ2n) is 5.45. The lowest BCUT2D eigenvalue weighted by Crippen LogP contribution is -2.49. The Morgan fingerprint density at radius 2 is 1.82 bits per heavy atom. The second kappa shape index (κ2) is 8.06. The molecular formula is C14H29NO2. The zero-order valence-electron chi connectivity index (χ0n) is 11.7. The molecule has 1 rings (SSSR count). The van der Waals surface area contributed by atoms with Gasteiger partial charge >= 0.3 is 0 Å². The molecule has 102 valence electrons. The number of aliphatic hydroxyl groups is 1. The third-order valence-electron chi connectivity index (χ3n) is 3.84. The molecule has 2 unspecified atom stereocenters. The molecule has 0 aromatic carbocycles. The number of hydrogen-bond acceptors (Lipinski definition) is 3. The molecule has 1 fully saturated rings. The standard InChI is InChI=1S/C14H29NO2/c1-12(2)15(10-11-17-3)13-8-6-4-5-7-9-14(13)16/h12-14,16H,4-11H2,1-3H3. The van der Waals surface area contributed by atoms with Crippen LogP contribution in [0.4, 0.5) is 0 Å². The summed E-state index contributed by atoms with van der Waals surface area (Å²) < 4.78 is 5.18. The first-order valence-electron chi connectivity index (χ1n) is 7.09. The maximum atomic E-state index is 10.3. The van der Waals surface area contributed by atoms with Gasteiger partial charge in [-0.15, -0.1) is 0 Å². The van der Waals surface area contributed by atoms with E-state index in [-0.39, 0.29) is 6.10 Å². The third kappa shape index (κ3) is 4.94. The van der Waals surface area contributed by atoms with E-state index in [1.54, 1.807) is 7.11 Å². The van der Waals surface area contributed by atoms with Gasteiger partial charge in [0, 0.05) is 25.7 Å². The fourth-order valence-electron chi connectivity index (χ4n) is 2.84. The van der Waals surface area contributed by atoms with Gasteiger partial charge in [-0.3, -0.25) is 4.90 Å². The summed E-state index contributed by atoms with van der Waals surface area (Å²) in [4.78, 5) is 2.42. The van der Waals surface area contributed by atoms with E-state index in [1.165, 1.54) is 25.7 Å². The summed E-state index contributed by atoms with van der Waals surface area (Å²) in [6, 6.07) is 0.801. The molecule has 0 aliphatic heterocycles. The lowest BCUT2D eigenvalue weighted by molar-refractivity contribution is 0.00355. The Kier molecular flexibility index (Phi) is 7.09. The van der Waals surface area contributed by atoms with Crippen LogP contribution in [0.5, 0.6) is 0 Å². The van der Waals surface area contributed by atoms with Crippen LogP contribution in [0.1, 0.15) is 52.4 Å². The van der Waals surface area contributed by atoms with Gasteiger partial charge in [-0.1, -0.05) is 25.7 Å². The molecule has 3 heteroatoms. The molecule has 1 aliphatic carbocycles. The highest BCUT2D eigenvalue weighted by molar-refractivity contribution is 4.82. The van der Waals surface area contributed by atoms with E-state index in [1.807, 2.05) is 0 Å². The Balaban J connectivity index is 2.60.